The van der Waals surface area contributed by atoms with Gasteiger partial charge >= 0.3 is 5.97 Å². The van der Waals surface area contributed by atoms with Gasteiger partial charge in [-0.15, -0.1) is 0 Å². The molecule has 0 atom stereocenters. The Hall–Kier alpha value is -3.34. The molecule has 0 saturated heterocycles. The molecule has 0 aliphatic heterocycles. The van der Waals surface area contributed by atoms with Gasteiger partial charge in [-0.2, -0.15) is 0 Å². The number of ether oxygens (including phenoxy) is 3. The van der Waals surface area contributed by atoms with E-state index in [0.717, 1.165) is 10.4 Å². The molecule has 10 nitrogen and oxygen atoms in total. The lowest BCUT2D eigenvalue weighted by molar-refractivity contribution is -0.385. The molecule has 0 unspecified atom stereocenters. The van der Waals surface area contributed by atoms with E-state index in [9.17, 15) is 23.3 Å². The topological polar surface area (TPSA) is 125 Å². The number of nitro groups is 1. The first kappa shape index (κ1) is 22.9. The Bertz CT molecular complexity index is 1050. The van der Waals surface area contributed by atoms with E-state index in [0.29, 0.717) is 5.75 Å². The minimum Gasteiger partial charge on any atom is -0.493 e. The van der Waals surface area contributed by atoms with Gasteiger partial charge in [-0.3, -0.25) is 19.2 Å². The molecule has 11 heteroatoms. The summed E-state index contributed by atoms with van der Waals surface area (Å²) >= 11 is 0. The van der Waals surface area contributed by atoms with Crippen LogP contribution >= 0.6 is 0 Å². The maximum atomic E-state index is 13.4. The van der Waals surface area contributed by atoms with Crippen molar-refractivity contribution in [1.82, 2.24) is 0 Å². The maximum Gasteiger partial charge on any atom is 0.326 e. The number of hydrogen-bond acceptors (Lipinski definition) is 8. The monoisotopic (exact) mass is 438 g/mol. The van der Waals surface area contributed by atoms with Crippen molar-refractivity contribution < 1.29 is 32.3 Å². The van der Waals surface area contributed by atoms with E-state index in [1.807, 2.05) is 0 Å². The average Bonchev–Trinajstić information content (AvgIpc) is 2.71. The van der Waals surface area contributed by atoms with Crippen LogP contribution in [0.1, 0.15) is 12.5 Å². The van der Waals surface area contributed by atoms with Gasteiger partial charge in [0.05, 0.1) is 36.3 Å². The van der Waals surface area contributed by atoms with Crippen LogP contribution in [-0.2, 0) is 19.6 Å². The molecule has 2 rings (SSSR count). The highest BCUT2D eigenvalue weighted by atomic mass is 32.2. The quantitative estimate of drug-likeness (QED) is 0.332. The minimum atomic E-state index is -4.37. The second-order valence-electron chi connectivity index (χ2n) is 6.06. The van der Waals surface area contributed by atoms with Crippen molar-refractivity contribution in [3.8, 4) is 11.5 Å². The predicted molar refractivity (Wildman–Crippen MR) is 109 cm³/mol. The van der Waals surface area contributed by atoms with Crippen LogP contribution in [0.2, 0.25) is 0 Å². The molecule has 0 spiro atoms. The molecular weight excluding hydrogens is 416 g/mol. The lowest BCUT2D eigenvalue weighted by Gasteiger charge is -2.25. The fraction of sp³-hybridized carbons (Fsp3) is 0.316. The predicted octanol–water partition coefficient (Wildman–Crippen LogP) is 2.68. The van der Waals surface area contributed by atoms with E-state index in [1.165, 1.54) is 51.5 Å². The van der Waals surface area contributed by atoms with Gasteiger partial charge in [-0.05, 0) is 31.5 Å². The third-order valence-corrected chi connectivity index (χ3v) is 6.10. The van der Waals surface area contributed by atoms with Crippen molar-refractivity contribution in [2.24, 2.45) is 0 Å². The molecule has 0 saturated carbocycles. The highest BCUT2D eigenvalue weighted by molar-refractivity contribution is 7.93. The van der Waals surface area contributed by atoms with Crippen LogP contribution in [0.25, 0.3) is 0 Å². The number of carbonyl (C=O) groups excluding carboxylic acids is 1. The standard InChI is InChI=1S/C19H22N2O8S/c1-5-29-19(22)12-20(14-8-9-16(27-3)17(10-14)28-4)30(25,26)18-11-15(21(23)24)7-6-13(18)2/h6-11H,5,12H2,1-4H3. The third-order valence-electron chi connectivity index (χ3n) is 4.18. The largest absolute Gasteiger partial charge is 0.493 e. The summed E-state index contributed by atoms with van der Waals surface area (Å²) < 4.78 is 43.0. The number of anilines is 1. The Morgan fingerprint density at radius 2 is 1.77 bits per heavy atom. The van der Waals surface area contributed by atoms with Gasteiger partial charge in [0.25, 0.3) is 15.7 Å². The van der Waals surface area contributed by atoms with Gasteiger partial charge in [-0.1, -0.05) is 6.07 Å². The number of rotatable bonds is 9. The summed E-state index contributed by atoms with van der Waals surface area (Å²) in [5.74, 6) is -0.171. The molecule has 0 radical (unpaired) electrons. The molecule has 0 aliphatic rings. The van der Waals surface area contributed by atoms with Gasteiger partial charge in [0.2, 0.25) is 0 Å². The van der Waals surface area contributed by atoms with Gasteiger partial charge < -0.3 is 14.2 Å². The fourth-order valence-electron chi connectivity index (χ4n) is 2.72. The number of aryl methyl sites for hydroxylation is 1. The molecule has 30 heavy (non-hydrogen) atoms. The summed E-state index contributed by atoms with van der Waals surface area (Å²) in [6, 6.07) is 7.82. The van der Waals surface area contributed by atoms with E-state index >= 15 is 0 Å². The summed E-state index contributed by atoms with van der Waals surface area (Å²) in [4.78, 5) is 22.3. The van der Waals surface area contributed by atoms with Crippen molar-refractivity contribution in [2.45, 2.75) is 18.7 Å². The second-order valence-corrected chi connectivity index (χ2v) is 7.89. The Kier molecular flexibility index (Phi) is 7.22. The smallest absolute Gasteiger partial charge is 0.326 e. The number of carbonyl (C=O) groups is 1. The van der Waals surface area contributed by atoms with Gasteiger partial charge in [-0.25, -0.2) is 8.42 Å². The lowest BCUT2D eigenvalue weighted by atomic mass is 10.2. The van der Waals surface area contributed by atoms with Crippen molar-refractivity contribution in [3.05, 3.63) is 52.1 Å². The molecular formula is C19H22N2O8S. The van der Waals surface area contributed by atoms with Crippen LogP contribution in [-0.4, -0.2) is 46.7 Å². The first-order valence-corrected chi connectivity index (χ1v) is 10.2. The number of nitro benzene ring substituents is 1. The summed E-state index contributed by atoms with van der Waals surface area (Å²) in [6.07, 6.45) is 0. The van der Waals surface area contributed by atoms with Gasteiger partial charge in [0.15, 0.2) is 11.5 Å². The Labute approximate surface area is 174 Å². The summed E-state index contributed by atoms with van der Waals surface area (Å²) in [5, 5.41) is 11.1. The van der Waals surface area contributed by atoms with Gasteiger partial charge in [0.1, 0.15) is 6.54 Å². The molecule has 0 aliphatic carbocycles. The number of non-ortho nitro benzene ring substituents is 1. The van der Waals surface area contributed by atoms with Crippen molar-refractivity contribution in [3.63, 3.8) is 0 Å². The number of nitrogens with zero attached hydrogens (tertiary/aromatic N) is 2. The van der Waals surface area contributed by atoms with E-state index in [2.05, 4.69) is 0 Å². The number of esters is 1. The molecule has 0 bridgehead atoms. The highest BCUT2D eigenvalue weighted by Crippen LogP contribution is 2.35. The highest BCUT2D eigenvalue weighted by Gasteiger charge is 2.31. The van der Waals surface area contributed by atoms with E-state index in [-0.39, 0.29) is 34.2 Å². The average molecular weight is 438 g/mol. The van der Waals surface area contributed by atoms with Gasteiger partial charge in [0, 0.05) is 18.2 Å². The Morgan fingerprint density at radius 3 is 2.33 bits per heavy atom. The minimum absolute atomic E-state index is 0.0640. The maximum absolute atomic E-state index is 13.4. The van der Waals surface area contributed by atoms with Crippen LogP contribution in [0.3, 0.4) is 0 Å². The summed E-state index contributed by atoms with van der Waals surface area (Å²) in [6.45, 7) is 2.54. The molecule has 0 heterocycles. The van der Waals surface area contributed by atoms with Crippen LogP contribution in [0.4, 0.5) is 11.4 Å². The van der Waals surface area contributed by atoms with Crippen molar-refractivity contribution in [2.75, 3.05) is 31.7 Å². The SMILES string of the molecule is CCOC(=O)CN(c1ccc(OC)c(OC)c1)S(=O)(=O)c1cc([N+](=O)[O-])ccc1C. The Morgan fingerprint density at radius 1 is 1.10 bits per heavy atom. The van der Waals surface area contributed by atoms with E-state index < -0.39 is 27.5 Å². The summed E-state index contributed by atoms with van der Waals surface area (Å²) in [5.41, 5.74) is 0.00381. The van der Waals surface area contributed by atoms with Crippen LogP contribution in [0.15, 0.2) is 41.3 Å². The molecule has 0 N–H and O–H groups in total. The zero-order chi connectivity index (χ0) is 22.5. The molecule has 0 aromatic heterocycles. The number of sulfonamides is 1. The first-order valence-electron chi connectivity index (χ1n) is 8.81. The molecule has 2 aromatic carbocycles. The number of methoxy groups -OCH3 is 2. The van der Waals surface area contributed by atoms with E-state index in [1.54, 1.807) is 6.92 Å². The van der Waals surface area contributed by atoms with Crippen molar-refractivity contribution >= 4 is 27.4 Å². The molecule has 0 fully saturated rings. The lowest BCUT2D eigenvalue weighted by Crippen LogP contribution is -2.37. The normalized spacial score (nSPS) is 10.9. The molecule has 162 valence electrons. The second kappa shape index (κ2) is 9.44. The fourth-order valence-corrected chi connectivity index (χ4v) is 4.37. The molecule has 0 amide bonds. The van der Waals surface area contributed by atoms with Crippen LogP contribution in [0, 0.1) is 17.0 Å². The van der Waals surface area contributed by atoms with Crippen LogP contribution in [0.5, 0.6) is 11.5 Å². The summed E-state index contributed by atoms with van der Waals surface area (Å²) in [7, 11) is -1.55. The first-order chi connectivity index (χ1) is 14.1. The zero-order valence-electron chi connectivity index (χ0n) is 16.9. The third kappa shape index (κ3) is 4.79. The number of hydrogen-bond donors (Lipinski definition) is 0. The van der Waals surface area contributed by atoms with Crippen molar-refractivity contribution in [1.29, 1.82) is 0 Å². The molecule has 2 aromatic rings. The Balaban J connectivity index is 2.66. The zero-order valence-corrected chi connectivity index (χ0v) is 17.8. The van der Waals surface area contributed by atoms with Crippen LogP contribution < -0.4 is 13.8 Å². The van der Waals surface area contributed by atoms with E-state index in [4.69, 9.17) is 14.2 Å². The number of benzene rings is 2.